The number of ether oxygens (including phenoxy) is 1. The van der Waals surface area contributed by atoms with Gasteiger partial charge in [-0.05, 0) is 19.1 Å². The molecule has 1 unspecified atom stereocenters. The fraction of sp³-hybridized carbons (Fsp3) is 0.385. The Morgan fingerprint density at radius 3 is 2.62 bits per heavy atom. The lowest BCUT2D eigenvalue weighted by molar-refractivity contribution is 0.200. The predicted octanol–water partition coefficient (Wildman–Crippen LogP) is 2.31. The van der Waals surface area contributed by atoms with E-state index in [-0.39, 0.29) is 5.56 Å². The van der Waals surface area contributed by atoms with E-state index in [1.165, 1.54) is 22.9 Å². The van der Waals surface area contributed by atoms with E-state index < -0.39 is 16.9 Å². The van der Waals surface area contributed by atoms with Crippen molar-refractivity contribution in [2.75, 3.05) is 19.6 Å². The van der Waals surface area contributed by atoms with Crippen LogP contribution in [0.15, 0.2) is 23.4 Å². The van der Waals surface area contributed by atoms with Crippen molar-refractivity contribution in [3.8, 4) is 0 Å². The van der Waals surface area contributed by atoms with E-state index in [2.05, 4.69) is 10.2 Å². The number of hydrogen-bond donors (Lipinski definition) is 1. The number of benzene rings is 1. The van der Waals surface area contributed by atoms with Crippen molar-refractivity contribution >= 4 is 11.8 Å². The molecule has 1 aromatic heterocycles. The lowest BCUT2D eigenvalue weighted by Gasteiger charge is -2.12. The van der Waals surface area contributed by atoms with Gasteiger partial charge in [0.05, 0.1) is 6.61 Å². The Hall–Kier alpha value is -1.67. The molecule has 21 heavy (non-hydrogen) atoms. The molecule has 8 heteroatoms. The topological polar surface area (TPSA) is 66.0 Å². The highest BCUT2D eigenvalue weighted by Crippen LogP contribution is 2.35. The van der Waals surface area contributed by atoms with Crippen molar-refractivity contribution in [1.82, 2.24) is 14.9 Å². The monoisotopic (exact) mass is 314 g/mol. The summed E-state index contributed by atoms with van der Waals surface area (Å²) >= 11 is 1.15. The maximum atomic E-state index is 13.7. The van der Waals surface area contributed by atoms with Gasteiger partial charge in [0, 0.05) is 24.3 Å². The third-order valence-electron chi connectivity index (χ3n) is 2.95. The average Bonchev–Trinajstić information content (AvgIpc) is 2.77. The van der Waals surface area contributed by atoms with Gasteiger partial charge in [0.1, 0.15) is 11.6 Å². The summed E-state index contributed by atoms with van der Waals surface area (Å²) in [6.07, 6.45) is 0.517. The molecule has 0 bridgehead atoms. The summed E-state index contributed by atoms with van der Waals surface area (Å²) < 4.78 is 33.7. The number of aromatic nitrogens is 3. The van der Waals surface area contributed by atoms with Crippen LogP contribution in [0.3, 0.4) is 0 Å². The molecule has 0 amide bonds. The Bertz CT molecular complexity index is 600. The molecule has 0 fully saturated rings. The summed E-state index contributed by atoms with van der Waals surface area (Å²) in [7, 11) is 1.58. The van der Waals surface area contributed by atoms with Crippen molar-refractivity contribution in [3.63, 3.8) is 0 Å². The molecule has 0 saturated carbocycles. The Kier molecular flexibility index (Phi) is 5.13. The van der Waals surface area contributed by atoms with Crippen LogP contribution in [-0.2, 0) is 11.2 Å². The maximum Gasteiger partial charge on any atom is 0.210 e. The van der Waals surface area contributed by atoms with E-state index in [4.69, 9.17) is 10.6 Å². The molecule has 0 saturated heterocycles. The number of nitrogens with zero attached hydrogens (tertiary/aromatic N) is 3. The van der Waals surface area contributed by atoms with Crippen LogP contribution in [0.1, 0.15) is 23.6 Å². The van der Waals surface area contributed by atoms with Gasteiger partial charge in [0.15, 0.2) is 5.82 Å². The fourth-order valence-corrected chi connectivity index (χ4v) is 2.83. The Labute approximate surface area is 125 Å². The zero-order valence-corrected chi connectivity index (χ0v) is 12.5. The highest BCUT2D eigenvalue weighted by Gasteiger charge is 2.20. The van der Waals surface area contributed by atoms with E-state index in [1.807, 2.05) is 0 Å². The number of nitrogens with two attached hydrogens (primary N) is 1. The van der Waals surface area contributed by atoms with Gasteiger partial charge in [-0.1, -0.05) is 17.8 Å². The molecular formula is C13H16F2N4OS. The standard InChI is InChI=1S/C13H16F2N4OS/c1-8(12-9(14)4-3-5-10(12)15)21-13-18-17-11(19(13)16)6-7-20-2/h3-5,8H,6-7,16H2,1-2H3. The van der Waals surface area contributed by atoms with Crippen LogP contribution < -0.4 is 5.84 Å². The van der Waals surface area contributed by atoms with Crippen LogP contribution in [0.5, 0.6) is 0 Å². The van der Waals surface area contributed by atoms with Crippen LogP contribution in [0, 0.1) is 11.6 Å². The van der Waals surface area contributed by atoms with Crippen molar-refractivity contribution in [3.05, 3.63) is 41.2 Å². The lowest BCUT2D eigenvalue weighted by atomic mass is 10.1. The van der Waals surface area contributed by atoms with Crippen molar-refractivity contribution in [1.29, 1.82) is 0 Å². The first-order chi connectivity index (χ1) is 10.0. The number of methoxy groups -OCH3 is 1. The van der Waals surface area contributed by atoms with Crippen LogP contribution in [0.25, 0.3) is 0 Å². The fourth-order valence-electron chi connectivity index (χ4n) is 1.87. The van der Waals surface area contributed by atoms with Crippen LogP contribution >= 0.6 is 11.8 Å². The van der Waals surface area contributed by atoms with Crippen LogP contribution in [0.4, 0.5) is 8.78 Å². The Morgan fingerprint density at radius 1 is 1.33 bits per heavy atom. The molecule has 2 aromatic rings. The van der Waals surface area contributed by atoms with Gasteiger partial charge >= 0.3 is 0 Å². The normalized spacial score (nSPS) is 12.6. The number of nitrogen functional groups attached to an aromatic ring is 1. The van der Waals surface area contributed by atoms with Crippen molar-refractivity contribution in [2.45, 2.75) is 23.8 Å². The summed E-state index contributed by atoms with van der Waals surface area (Å²) in [5.41, 5.74) is 0.00365. The van der Waals surface area contributed by atoms with Crippen molar-refractivity contribution < 1.29 is 13.5 Å². The van der Waals surface area contributed by atoms with E-state index in [0.717, 1.165) is 11.8 Å². The maximum absolute atomic E-state index is 13.7. The second-order valence-corrected chi connectivity index (χ2v) is 5.71. The minimum atomic E-state index is -0.585. The summed E-state index contributed by atoms with van der Waals surface area (Å²) in [5.74, 6) is 5.26. The second-order valence-electron chi connectivity index (χ2n) is 4.41. The van der Waals surface area contributed by atoms with Gasteiger partial charge in [-0.3, -0.25) is 0 Å². The quantitative estimate of drug-likeness (QED) is 0.655. The first-order valence-corrected chi connectivity index (χ1v) is 7.21. The smallest absolute Gasteiger partial charge is 0.210 e. The van der Waals surface area contributed by atoms with Gasteiger partial charge in [-0.25, -0.2) is 13.5 Å². The molecule has 114 valence electrons. The van der Waals surface area contributed by atoms with E-state index in [1.54, 1.807) is 14.0 Å². The van der Waals surface area contributed by atoms with Crippen LogP contribution in [0.2, 0.25) is 0 Å². The minimum Gasteiger partial charge on any atom is -0.384 e. The number of hydrogen-bond acceptors (Lipinski definition) is 5. The minimum absolute atomic E-state index is 0.00365. The van der Waals surface area contributed by atoms with Gasteiger partial charge in [0.2, 0.25) is 5.16 Å². The zero-order valence-electron chi connectivity index (χ0n) is 11.7. The van der Waals surface area contributed by atoms with E-state index >= 15 is 0 Å². The van der Waals surface area contributed by atoms with E-state index in [0.29, 0.717) is 24.0 Å². The van der Waals surface area contributed by atoms with Crippen molar-refractivity contribution in [2.24, 2.45) is 0 Å². The summed E-state index contributed by atoms with van der Waals surface area (Å²) in [6.45, 7) is 2.16. The molecule has 0 aliphatic rings. The molecule has 0 aliphatic heterocycles. The third-order valence-corrected chi connectivity index (χ3v) is 4.03. The average molecular weight is 314 g/mol. The second kappa shape index (κ2) is 6.86. The number of halogens is 2. The molecule has 5 nitrogen and oxygen atoms in total. The molecule has 0 radical (unpaired) electrons. The molecule has 1 aromatic carbocycles. The third kappa shape index (κ3) is 3.51. The number of thioether (sulfide) groups is 1. The molecule has 1 atom stereocenters. The summed E-state index contributed by atoms with van der Waals surface area (Å²) in [6, 6.07) is 3.79. The van der Waals surface area contributed by atoms with Gasteiger partial charge in [0.25, 0.3) is 0 Å². The first-order valence-electron chi connectivity index (χ1n) is 6.33. The van der Waals surface area contributed by atoms with Gasteiger partial charge in [-0.2, -0.15) is 0 Å². The molecule has 1 heterocycles. The largest absolute Gasteiger partial charge is 0.384 e. The molecule has 2 rings (SSSR count). The Morgan fingerprint density at radius 2 is 2.00 bits per heavy atom. The van der Waals surface area contributed by atoms with E-state index in [9.17, 15) is 8.78 Å². The summed E-state index contributed by atoms with van der Waals surface area (Å²) in [5, 5.41) is 7.81. The molecule has 0 aliphatic carbocycles. The van der Waals surface area contributed by atoms with Gasteiger partial charge < -0.3 is 10.6 Å². The predicted molar refractivity (Wildman–Crippen MR) is 76.4 cm³/mol. The SMILES string of the molecule is COCCc1nnc(SC(C)c2c(F)cccc2F)n1N. The highest BCUT2D eigenvalue weighted by atomic mass is 32.2. The molecule has 2 N–H and O–H groups in total. The molecule has 0 spiro atoms. The highest BCUT2D eigenvalue weighted by molar-refractivity contribution is 7.99. The first kappa shape index (κ1) is 15.7. The zero-order chi connectivity index (χ0) is 15.4. The number of rotatable bonds is 6. The Balaban J connectivity index is 2.16. The van der Waals surface area contributed by atoms with Gasteiger partial charge in [-0.15, -0.1) is 10.2 Å². The molecular weight excluding hydrogens is 298 g/mol. The van der Waals surface area contributed by atoms with Crippen LogP contribution in [-0.4, -0.2) is 28.6 Å². The lowest BCUT2D eigenvalue weighted by Crippen LogP contribution is -2.15. The summed E-state index contributed by atoms with van der Waals surface area (Å²) in [4.78, 5) is 0.